The second-order valence-electron chi connectivity index (χ2n) is 16.0. The van der Waals surface area contributed by atoms with Gasteiger partial charge in [-0.25, -0.2) is 0 Å². The second-order valence-corrected chi connectivity index (χ2v) is 16.0. The third-order valence-electron chi connectivity index (χ3n) is 12.3. The van der Waals surface area contributed by atoms with Crippen LogP contribution in [0.3, 0.4) is 0 Å². The van der Waals surface area contributed by atoms with E-state index in [1.165, 1.54) is 38.9 Å². The van der Waals surface area contributed by atoms with E-state index < -0.39 is 0 Å². The molecule has 11 rings (SSSR count). The molecule has 2 nitrogen and oxygen atoms in total. The van der Waals surface area contributed by atoms with Gasteiger partial charge in [0, 0.05) is 21.9 Å². The quantitative estimate of drug-likeness (QED) is 0.161. The van der Waals surface area contributed by atoms with E-state index in [1.54, 1.807) is 0 Å². The topological polar surface area (TPSA) is 16.4 Å². The summed E-state index contributed by atoms with van der Waals surface area (Å²) in [5.41, 5.74) is 19.5. The summed E-state index contributed by atoms with van der Waals surface area (Å²) in [7, 11) is 0. The van der Waals surface area contributed by atoms with Crippen molar-refractivity contribution in [3.8, 4) is 55.6 Å². The van der Waals surface area contributed by atoms with E-state index in [4.69, 9.17) is 4.42 Å². The van der Waals surface area contributed by atoms with Crippen LogP contribution < -0.4 is 4.90 Å². The molecule has 0 radical (unpaired) electrons. The minimum atomic E-state index is -0.129. The summed E-state index contributed by atoms with van der Waals surface area (Å²) in [6, 6.07) is 76.9. The van der Waals surface area contributed by atoms with E-state index in [9.17, 15) is 0 Å². The molecule has 0 aliphatic heterocycles. The van der Waals surface area contributed by atoms with Gasteiger partial charge in [-0.15, -0.1) is 0 Å². The first kappa shape index (κ1) is 34.8. The summed E-state index contributed by atoms with van der Waals surface area (Å²) in [5, 5.41) is 2.17. The average Bonchev–Trinajstić information content (AvgIpc) is 3.79. The van der Waals surface area contributed by atoms with Crippen LogP contribution in [0.2, 0.25) is 0 Å². The van der Waals surface area contributed by atoms with Gasteiger partial charge in [-0.2, -0.15) is 0 Å². The van der Waals surface area contributed by atoms with Crippen molar-refractivity contribution >= 4 is 39.0 Å². The van der Waals surface area contributed by atoms with Crippen molar-refractivity contribution in [2.24, 2.45) is 0 Å². The molecule has 0 saturated carbocycles. The van der Waals surface area contributed by atoms with E-state index in [0.29, 0.717) is 0 Å². The molecule has 0 fully saturated rings. The Morgan fingerprint density at radius 1 is 0.356 bits per heavy atom. The van der Waals surface area contributed by atoms with Crippen molar-refractivity contribution in [1.82, 2.24) is 0 Å². The van der Waals surface area contributed by atoms with Crippen molar-refractivity contribution in [2.75, 3.05) is 4.90 Å². The van der Waals surface area contributed by atoms with Crippen LogP contribution in [-0.4, -0.2) is 0 Å². The molecular weight excluding hydrogens is 715 g/mol. The van der Waals surface area contributed by atoms with Gasteiger partial charge < -0.3 is 9.32 Å². The van der Waals surface area contributed by atoms with Crippen molar-refractivity contribution in [3.05, 3.63) is 223 Å². The monoisotopic (exact) mass is 755 g/mol. The zero-order valence-corrected chi connectivity index (χ0v) is 33.1. The maximum absolute atomic E-state index is 6.59. The van der Waals surface area contributed by atoms with Crippen molar-refractivity contribution < 1.29 is 4.42 Å². The fraction of sp³-hybridized carbons (Fsp3) is 0.0526. The maximum atomic E-state index is 6.59. The molecule has 0 bridgehead atoms. The first-order chi connectivity index (χ1) is 29.1. The molecule has 59 heavy (non-hydrogen) atoms. The molecule has 1 heterocycles. The highest BCUT2D eigenvalue weighted by molar-refractivity contribution is 6.15. The molecular formula is C57H41NO. The second kappa shape index (κ2) is 13.9. The van der Waals surface area contributed by atoms with Crippen LogP contribution >= 0.6 is 0 Å². The van der Waals surface area contributed by atoms with Crippen LogP contribution in [-0.2, 0) is 5.41 Å². The van der Waals surface area contributed by atoms with Gasteiger partial charge in [0.05, 0.1) is 22.4 Å². The molecule has 10 aromatic rings. The lowest BCUT2D eigenvalue weighted by Gasteiger charge is -2.32. The molecule has 2 heteroatoms. The molecule has 9 aromatic carbocycles. The molecule has 0 amide bonds. The van der Waals surface area contributed by atoms with Crippen molar-refractivity contribution in [3.63, 3.8) is 0 Å². The predicted molar refractivity (Wildman–Crippen MR) is 248 cm³/mol. The molecule has 0 spiro atoms. The fourth-order valence-electron chi connectivity index (χ4n) is 9.55. The van der Waals surface area contributed by atoms with Crippen LogP contribution in [0.15, 0.2) is 217 Å². The zero-order valence-electron chi connectivity index (χ0n) is 33.1. The maximum Gasteiger partial charge on any atom is 0.137 e. The largest absolute Gasteiger partial charge is 0.456 e. The Balaban J connectivity index is 1.24. The Labute approximate surface area is 345 Å². The number of furan rings is 1. The third-order valence-corrected chi connectivity index (χ3v) is 12.3. The Morgan fingerprint density at radius 2 is 0.898 bits per heavy atom. The number of hydrogen-bond acceptors (Lipinski definition) is 2. The lowest BCUT2D eigenvalue weighted by atomic mass is 9.81. The number of anilines is 3. The smallest absolute Gasteiger partial charge is 0.137 e. The number of fused-ring (bicyclic) bond motifs is 6. The van der Waals surface area contributed by atoms with Crippen LogP contribution in [0.4, 0.5) is 17.1 Å². The molecule has 280 valence electrons. The van der Waals surface area contributed by atoms with Gasteiger partial charge >= 0.3 is 0 Å². The van der Waals surface area contributed by atoms with E-state index in [0.717, 1.165) is 66.8 Å². The molecule has 0 unspecified atom stereocenters. The molecule has 0 atom stereocenters. The van der Waals surface area contributed by atoms with E-state index in [-0.39, 0.29) is 5.41 Å². The van der Waals surface area contributed by atoms with Gasteiger partial charge in [0.1, 0.15) is 11.2 Å². The van der Waals surface area contributed by atoms with Crippen LogP contribution in [0.25, 0.3) is 77.6 Å². The van der Waals surface area contributed by atoms with Gasteiger partial charge in [-0.05, 0) is 92.0 Å². The standard InChI is InChI=1S/C57H41NO/c1-57(2)48-29-14-11-25-44(48)45-36-35-40(37-49(45)57)42-24-12-15-30-50(42)58(52-32-18-34-54-56(52)47-27-13-16-33-53(47)59-54)51-31-17-28-43(39-21-7-4-8-22-39)55(51)46-26-10-9-23-41(46)38-19-5-3-6-20-38/h3-37H,1-2H3. The normalized spacial score (nSPS) is 12.7. The average molecular weight is 756 g/mol. The van der Waals surface area contributed by atoms with Gasteiger partial charge in [0.25, 0.3) is 0 Å². The summed E-state index contributed by atoms with van der Waals surface area (Å²) in [6.45, 7) is 4.71. The number of para-hydroxylation sites is 2. The first-order valence-corrected chi connectivity index (χ1v) is 20.4. The lowest BCUT2D eigenvalue weighted by Crippen LogP contribution is -2.15. The molecule has 1 aromatic heterocycles. The summed E-state index contributed by atoms with van der Waals surface area (Å²) in [5.74, 6) is 0. The van der Waals surface area contributed by atoms with Crippen molar-refractivity contribution in [1.29, 1.82) is 0 Å². The Morgan fingerprint density at radius 3 is 1.69 bits per heavy atom. The van der Waals surface area contributed by atoms with E-state index in [2.05, 4.69) is 225 Å². The number of nitrogens with zero attached hydrogens (tertiary/aromatic N) is 1. The number of benzene rings is 9. The van der Waals surface area contributed by atoms with E-state index >= 15 is 0 Å². The zero-order chi connectivity index (χ0) is 39.5. The fourth-order valence-corrected chi connectivity index (χ4v) is 9.55. The van der Waals surface area contributed by atoms with E-state index in [1.807, 2.05) is 6.07 Å². The van der Waals surface area contributed by atoms with Crippen LogP contribution in [0.1, 0.15) is 25.0 Å². The van der Waals surface area contributed by atoms with Crippen LogP contribution in [0, 0.1) is 0 Å². The van der Waals surface area contributed by atoms with Crippen molar-refractivity contribution in [2.45, 2.75) is 19.3 Å². The summed E-state index contributed by atoms with van der Waals surface area (Å²) < 4.78 is 6.59. The minimum absolute atomic E-state index is 0.129. The van der Waals surface area contributed by atoms with Gasteiger partial charge in [0.15, 0.2) is 0 Å². The van der Waals surface area contributed by atoms with Crippen LogP contribution in [0.5, 0.6) is 0 Å². The summed E-state index contributed by atoms with van der Waals surface area (Å²) >= 11 is 0. The molecule has 0 saturated heterocycles. The molecule has 0 N–H and O–H groups in total. The first-order valence-electron chi connectivity index (χ1n) is 20.4. The Bertz CT molecular complexity index is 3190. The number of rotatable bonds is 7. The Kier molecular flexibility index (Phi) is 8.20. The summed E-state index contributed by atoms with van der Waals surface area (Å²) in [4.78, 5) is 2.50. The van der Waals surface area contributed by atoms with Gasteiger partial charge in [-0.3, -0.25) is 0 Å². The van der Waals surface area contributed by atoms with Gasteiger partial charge in [0.2, 0.25) is 0 Å². The minimum Gasteiger partial charge on any atom is -0.456 e. The highest BCUT2D eigenvalue weighted by Gasteiger charge is 2.36. The Hall–Kier alpha value is -7.42. The van der Waals surface area contributed by atoms with Gasteiger partial charge in [-0.1, -0.05) is 190 Å². The SMILES string of the molecule is CC1(C)c2ccccc2-c2ccc(-c3ccccc3N(c3cccc(-c4ccccc4)c3-c3ccccc3-c3ccccc3)c3cccc4oc5ccccc5c34)cc21. The predicted octanol–water partition coefficient (Wildman–Crippen LogP) is 16.0. The summed E-state index contributed by atoms with van der Waals surface area (Å²) in [6.07, 6.45) is 0. The molecule has 1 aliphatic rings. The highest BCUT2D eigenvalue weighted by atomic mass is 16.3. The molecule has 1 aliphatic carbocycles. The third kappa shape index (κ3) is 5.63. The number of hydrogen-bond donors (Lipinski definition) is 0. The lowest BCUT2D eigenvalue weighted by molar-refractivity contribution is 0.660. The highest BCUT2D eigenvalue weighted by Crippen LogP contribution is 2.54.